The van der Waals surface area contributed by atoms with Crippen LogP contribution in [0.1, 0.15) is 46.0 Å². The third kappa shape index (κ3) is 4.34. The number of rotatable bonds is 7. The Kier molecular flexibility index (Phi) is 5.99. The van der Waals surface area contributed by atoms with Crippen LogP contribution in [0.4, 0.5) is 0 Å². The Morgan fingerprint density at radius 1 is 1.11 bits per heavy atom. The van der Waals surface area contributed by atoms with Crippen molar-refractivity contribution < 1.29 is 23.5 Å². The highest BCUT2D eigenvalue weighted by atomic mass is 16.5. The first kappa shape index (κ1) is 19.5. The first-order valence-corrected chi connectivity index (χ1v) is 8.98. The number of esters is 1. The molecule has 0 aliphatic carbocycles. The molecular formula is C22H23NO5. The van der Waals surface area contributed by atoms with Crippen molar-refractivity contribution in [3.63, 3.8) is 0 Å². The van der Waals surface area contributed by atoms with Gasteiger partial charge in [-0.25, -0.2) is 4.79 Å². The highest BCUT2D eigenvalue weighted by Gasteiger charge is 2.17. The third-order valence-electron chi connectivity index (χ3n) is 4.51. The van der Waals surface area contributed by atoms with Crippen molar-refractivity contribution in [2.24, 2.45) is 0 Å². The molecule has 0 saturated heterocycles. The van der Waals surface area contributed by atoms with Crippen LogP contribution >= 0.6 is 0 Å². The second-order valence-electron chi connectivity index (χ2n) is 6.42. The van der Waals surface area contributed by atoms with Crippen molar-refractivity contribution in [2.75, 3.05) is 7.11 Å². The van der Waals surface area contributed by atoms with Crippen LogP contribution in [0, 0.1) is 13.8 Å². The zero-order valence-corrected chi connectivity index (χ0v) is 16.4. The summed E-state index contributed by atoms with van der Waals surface area (Å²) in [6.45, 7) is 5.83. The number of hydrogen-bond donors (Lipinski definition) is 0. The molecule has 28 heavy (non-hydrogen) atoms. The van der Waals surface area contributed by atoms with Crippen molar-refractivity contribution >= 4 is 5.97 Å². The number of aromatic nitrogens is 1. The number of benzene rings is 2. The van der Waals surface area contributed by atoms with E-state index in [-0.39, 0.29) is 6.10 Å². The average molecular weight is 381 g/mol. The fourth-order valence-electron chi connectivity index (χ4n) is 2.79. The molecule has 6 heteroatoms. The van der Waals surface area contributed by atoms with Crippen LogP contribution in [0.15, 0.2) is 53.1 Å². The molecular weight excluding hydrogens is 358 g/mol. The van der Waals surface area contributed by atoms with Crippen LogP contribution in [-0.4, -0.2) is 18.2 Å². The summed E-state index contributed by atoms with van der Waals surface area (Å²) in [7, 11) is 1.53. The number of aryl methyl sites for hydroxylation is 2. The zero-order valence-electron chi connectivity index (χ0n) is 16.4. The van der Waals surface area contributed by atoms with Gasteiger partial charge in [0.05, 0.1) is 23.9 Å². The number of ether oxygens (including phenoxy) is 3. The summed E-state index contributed by atoms with van der Waals surface area (Å²) in [5.74, 6) is 1.27. The number of methoxy groups -OCH3 is 1. The Hall–Kier alpha value is -3.28. The Balaban J connectivity index is 1.71. The van der Waals surface area contributed by atoms with Gasteiger partial charge in [-0.2, -0.15) is 0 Å². The molecule has 1 aromatic heterocycles. The van der Waals surface area contributed by atoms with E-state index in [1.165, 1.54) is 7.11 Å². The molecule has 0 unspecified atom stereocenters. The molecule has 0 radical (unpaired) electrons. The first-order chi connectivity index (χ1) is 13.5. The van der Waals surface area contributed by atoms with Gasteiger partial charge in [0.15, 0.2) is 11.5 Å². The minimum atomic E-state index is -0.424. The number of hydrogen-bond acceptors (Lipinski definition) is 6. The molecule has 0 aliphatic heterocycles. The average Bonchev–Trinajstić information content (AvgIpc) is 3.04. The van der Waals surface area contributed by atoms with E-state index in [1.54, 1.807) is 18.2 Å². The summed E-state index contributed by atoms with van der Waals surface area (Å²) >= 11 is 0. The van der Waals surface area contributed by atoms with Crippen LogP contribution in [0.5, 0.6) is 11.5 Å². The molecule has 1 atom stereocenters. The van der Waals surface area contributed by atoms with Gasteiger partial charge >= 0.3 is 5.97 Å². The molecule has 146 valence electrons. The molecule has 0 spiro atoms. The summed E-state index contributed by atoms with van der Waals surface area (Å²) in [4.78, 5) is 12.5. The smallest absolute Gasteiger partial charge is 0.338 e. The van der Waals surface area contributed by atoms with Gasteiger partial charge < -0.3 is 18.7 Å². The third-order valence-corrected chi connectivity index (χ3v) is 4.51. The van der Waals surface area contributed by atoms with E-state index in [9.17, 15) is 4.79 Å². The SMILES string of the molecule is COc1cc(C(=O)O[C@H](C)c2ccccc2)ccc1OCc1c(C)noc1C. The fourth-order valence-corrected chi connectivity index (χ4v) is 2.79. The van der Waals surface area contributed by atoms with Gasteiger partial charge in [-0.05, 0) is 44.5 Å². The number of carbonyl (C=O) groups is 1. The summed E-state index contributed by atoms with van der Waals surface area (Å²) in [5.41, 5.74) is 3.00. The van der Waals surface area contributed by atoms with Crippen LogP contribution in [-0.2, 0) is 11.3 Å². The highest BCUT2D eigenvalue weighted by Crippen LogP contribution is 2.30. The molecule has 0 fully saturated rings. The lowest BCUT2D eigenvalue weighted by atomic mass is 10.1. The van der Waals surface area contributed by atoms with Gasteiger partial charge in [-0.15, -0.1) is 0 Å². The van der Waals surface area contributed by atoms with E-state index in [4.69, 9.17) is 18.7 Å². The second-order valence-corrected chi connectivity index (χ2v) is 6.42. The quantitative estimate of drug-likeness (QED) is 0.548. The molecule has 1 heterocycles. The van der Waals surface area contributed by atoms with E-state index >= 15 is 0 Å². The minimum Gasteiger partial charge on any atom is -0.493 e. The Labute approximate surface area is 164 Å². The van der Waals surface area contributed by atoms with Crippen molar-refractivity contribution in [3.05, 3.63) is 76.7 Å². The van der Waals surface area contributed by atoms with Crippen molar-refractivity contribution in [2.45, 2.75) is 33.5 Å². The van der Waals surface area contributed by atoms with Crippen LogP contribution in [0.25, 0.3) is 0 Å². The lowest BCUT2D eigenvalue weighted by Gasteiger charge is -2.15. The lowest BCUT2D eigenvalue weighted by Crippen LogP contribution is -2.09. The Morgan fingerprint density at radius 2 is 1.86 bits per heavy atom. The van der Waals surface area contributed by atoms with Crippen molar-refractivity contribution in [1.82, 2.24) is 5.16 Å². The second kappa shape index (κ2) is 8.61. The van der Waals surface area contributed by atoms with Crippen LogP contribution in [0.2, 0.25) is 0 Å². The van der Waals surface area contributed by atoms with E-state index in [0.29, 0.717) is 29.4 Å². The summed E-state index contributed by atoms with van der Waals surface area (Å²) in [5, 5.41) is 3.91. The molecule has 0 bridgehead atoms. The van der Waals surface area contributed by atoms with E-state index in [1.807, 2.05) is 51.1 Å². The van der Waals surface area contributed by atoms with Gasteiger partial charge in [0.1, 0.15) is 18.5 Å². The normalized spacial score (nSPS) is 11.7. The monoisotopic (exact) mass is 381 g/mol. The maximum atomic E-state index is 12.5. The zero-order chi connectivity index (χ0) is 20.1. The largest absolute Gasteiger partial charge is 0.493 e. The number of carbonyl (C=O) groups excluding carboxylic acids is 1. The lowest BCUT2D eigenvalue weighted by molar-refractivity contribution is 0.0337. The Bertz CT molecular complexity index is 929. The molecule has 0 saturated carbocycles. The Morgan fingerprint density at radius 3 is 2.50 bits per heavy atom. The summed E-state index contributed by atoms with van der Waals surface area (Å²) < 4.78 is 21.9. The van der Waals surface area contributed by atoms with Crippen LogP contribution in [0.3, 0.4) is 0 Å². The predicted molar refractivity (Wildman–Crippen MR) is 104 cm³/mol. The first-order valence-electron chi connectivity index (χ1n) is 8.98. The van der Waals surface area contributed by atoms with Gasteiger partial charge in [-0.3, -0.25) is 0 Å². The molecule has 2 aromatic carbocycles. The molecule has 0 N–H and O–H groups in total. The minimum absolute atomic E-state index is 0.298. The van der Waals surface area contributed by atoms with Crippen molar-refractivity contribution in [3.8, 4) is 11.5 Å². The topological polar surface area (TPSA) is 70.8 Å². The van der Waals surface area contributed by atoms with Gasteiger partial charge in [0, 0.05) is 0 Å². The summed E-state index contributed by atoms with van der Waals surface area (Å²) in [6, 6.07) is 14.6. The molecule has 0 aliphatic rings. The molecule has 3 aromatic rings. The number of nitrogens with zero attached hydrogens (tertiary/aromatic N) is 1. The highest BCUT2D eigenvalue weighted by molar-refractivity contribution is 5.90. The molecule has 0 amide bonds. The van der Waals surface area contributed by atoms with E-state index in [0.717, 1.165) is 16.8 Å². The maximum Gasteiger partial charge on any atom is 0.338 e. The molecule has 6 nitrogen and oxygen atoms in total. The van der Waals surface area contributed by atoms with Crippen LogP contribution < -0.4 is 9.47 Å². The van der Waals surface area contributed by atoms with E-state index < -0.39 is 5.97 Å². The predicted octanol–water partition coefficient (Wildman–Crippen LogP) is 4.80. The maximum absolute atomic E-state index is 12.5. The van der Waals surface area contributed by atoms with Gasteiger partial charge in [0.2, 0.25) is 0 Å². The van der Waals surface area contributed by atoms with Gasteiger partial charge in [0.25, 0.3) is 0 Å². The molecule has 3 rings (SSSR count). The van der Waals surface area contributed by atoms with Gasteiger partial charge in [-0.1, -0.05) is 35.5 Å². The van der Waals surface area contributed by atoms with E-state index in [2.05, 4.69) is 5.16 Å². The van der Waals surface area contributed by atoms with Crippen molar-refractivity contribution in [1.29, 1.82) is 0 Å². The standard InChI is InChI=1S/C22H23NO5/c1-14-19(16(3)28-23-14)13-26-20-11-10-18(12-21(20)25-4)22(24)27-15(2)17-8-6-5-7-9-17/h5-12,15H,13H2,1-4H3/t15-/m1/s1. The summed E-state index contributed by atoms with van der Waals surface area (Å²) in [6.07, 6.45) is -0.352. The fraction of sp³-hybridized carbons (Fsp3) is 0.273.